The van der Waals surface area contributed by atoms with Gasteiger partial charge in [-0.1, -0.05) is 6.07 Å². The van der Waals surface area contributed by atoms with Crippen LogP contribution in [0.5, 0.6) is 0 Å². The van der Waals surface area contributed by atoms with E-state index in [0.29, 0.717) is 12.1 Å². The predicted molar refractivity (Wildman–Crippen MR) is 90.3 cm³/mol. The van der Waals surface area contributed by atoms with E-state index in [2.05, 4.69) is 15.3 Å². The van der Waals surface area contributed by atoms with Gasteiger partial charge in [0, 0.05) is 53.2 Å². The summed E-state index contributed by atoms with van der Waals surface area (Å²) in [6.07, 6.45) is 1.96. The average molecular weight is 308 g/mol. The second-order valence-electron chi connectivity index (χ2n) is 5.77. The molecule has 2 heterocycles. The van der Waals surface area contributed by atoms with E-state index in [-0.39, 0.29) is 5.91 Å². The Labute approximate surface area is 135 Å². The van der Waals surface area contributed by atoms with Crippen LogP contribution < -0.4 is 5.32 Å². The number of rotatable bonds is 3. The first-order valence-electron chi connectivity index (χ1n) is 7.60. The maximum Gasteiger partial charge on any atom is 0.252 e. The van der Waals surface area contributed by atoms with E-state index in [9.17, 15) is 4.79 Å². The molecule has 0 saturated carbocycles. The lowest BCUT2D eigenvalue weighted by Gasteiger charge is -2.11. The van der Waals surface area contributed by atoms with Crippen LogP contribution in [-0.2, 0) is 13.6 Å². The van der Waals surface area contributed by atoms with Crippen LogP contribution in [0.2, 0.25) is 0 Å². The van der Waals surface area contributed by atoms with Crippen LogP contribution in [0, 0.1) is 20.8 Å². The molecule has 2 aromatic heterocycles. The van der Waals surface area contributed by atoms with Crippen molar-refractivity contribution in [3.8, 4) is 0 Å². The molecular weight excluding hydrogens is 288 g/mol. The Hall–Kier alpha value is -2.69. The third kappa shape index (κ3) is 2.82. The van der Waals surface area contributed by atoms with Gasteiger partial charge in [0.25, 0.3) is 5.91 Å². The Morgan fingerprint density at radius 2 is 1.83 bits per heavy atom. The summed E-state index contributed by atoms with van der Waals surface area (Å²) in [6, 6.07) is 7.73. The highest BCUT2D eigenvalue weighted by Gasteiger charge is 2.13. The third-order valence-corrected chi connectivity index (χ3v) is 4.13. The maximum absolute atomic E-state index is 12.6. The third-order valence-electron chi connectivity index (χ3n) is 4.13. The second kappa shape index (κ2) is 5.83. The molecular formula is C18H20N4O. The second-order valence-corrected chi connectivity index (χ2v) is 5.77. The van der Waals surface area contributed by atoms with Gasteiger partial charge in [0.2, 0.25) is 0 Å². The molecule has 0 bridgehead atoms. The molecule has 0 aliphatic heterocycles. The fourth-order valence-electron chi connectivity index (χ4n) is 2.93. The van der Waals surface area contributed by atoms with Crippen molar-refractivity contribution in [1.29, 1.82) is 0 Å². The highest BCUT2D eigenvalue weighted by molar-refractivity contribution is 6.06. The molecule has 5 heteroatoms. The van der Waals surface area contributed by atoms with Gasteiger partial charge in [-0.25, -0.2) is 9.97 Å². The van der Waals surface area contributed by atoms with Gasteiger partial charge in [-0.15, -0.1) is 0 Å². The van der Waals surface area contributed by atoms with Crippen LogP contribution in [0.4, 0.5) is 0 Å². The lowest BCUT2D eigenvalue weighted by Crippen LogP contribution is -2.24. The Balaban J connectivity index is 1.85. The highest BCUT2D eigenvalue weighted by Crippen LogP contribution is 2.19. The highest BCUT2D eigenvalue weighted by atomic mass is 16.1. The Morgan fingerprint density at radius 1 is 1.13 bits per heavy atom. The molecule has 0 fully saturated rings. The Morgan fingerprint density at radius 3 is 2.52 bits per heavy atom. The Bertz CT molecular complexity index is 872. The molecule has 0 aliphatic rings. The number of amides is 1. The van der Waals surface area contributed by atoms with Crippen LogP contribution in [0.1, 0.15) is 33.1 Å². The minimum absolute atomic E-state index is 0.0822. The molecule has 5 nitrogen and oxygen atoms in total. The fraction of sp³-hybridized carbons (Fsp3) is 0.278. The van der Waals surface area contributed by atoms with Crippen LogP contribution >= 0.6 is 0 Å². The van der Waals surface area contributed by atoms with Crippen molar-refractivity contribution >= 4 is 16.8 Å². The zero-order chi connectivity index (χ0) is 16.6. The lowest BCUT2D eigenvalue weighted by atomic mass is 10.1. The Kier molecular flexibility index (Phi) is 3.86. The average Bonchev–Trinajstić information content (AvgIpc) is 2.87. The zero-order valence-electron chi connectivity index (χ0n) is 13.8. The summed E-state index contributed by atoms with van der Waals surface area (Å²) in [6.45, 7) is 6.20. The largest absolute Gasteiger partial charge is 0.351 e. The van der Waals surface area contributed by atoms with E-state index in [0.717, 1.165) is 33.7 Å². The van der Waals surface area contributed by atoms with Gasteiger partial charge in [0.05, 0.1) is 0 Å². The van der Waals surface area contributed by atoms with Crippen molar-refractivity contribution < 1.29 is 4.79 Å². The van der Waals surface area contributed by atoms with Crippen LogP contribution in [0.25, 0.3) is 10.9 Å². The van der Waals surface area contributed by atoms with E-state index < -0.39 is 0 Å². The number of hydrogen-bond acceptors (Lipinski definition) is 3. The van der Waals surface area contributed by atoms with Gasteiger partial charge in [0.1, 0.15) is 5.82 Å². The molecule has 1 aromatic carbocycles. The number of nitrogens with one attached hydrogen (secondary N) is 1. The molecule has 0 aliphatic carbocycles. The number of hydrogen-bond donors (Lipinski definition) is 1. The first kappa shape index (κ1) is 15.2. The molecule has 1 N–H and O–H groups in total. The molecule has 0 saturated heterocycles. The van der Waals surface area contributed by atoms with Crippen molar-refractivity contribution in [2.75, 3.05) is 0 Å². The maximum atomic E-state index is 12.6. The molecule has 1 amide bonds. The van der Waals surface area contributed by atoms with Crippen LogP contribution in [-0.4, -0.2) is 20.4 Å². The molecule has 0 unspecified atom stereocenters. The topological polar surface area (TPSA) is 59.8 Å². The molecule has 0 atom stereocenters. The number of aryl methyl sites for hydroxylation is 4. The van der Waals surface area contributed by atoms with E-state index in [4.69, 9.17) is 0 Å². The summed E-state index contributed by atoms with van der Waals surface area (Å²) in [5, 5.41) is 3.95. The van der Waals surface area contributed by atoms with Crippen molar-refractivity contribution in [3.05, 3.63) is 58.8 Å². The molecule has 118 valence electrons. The van der Waals surface area contributed by atoms with Crippen molar-refractivity contribution in [2.24, 2.45) is 7.05 Å². The summed E-state index contributed by atoms with van der Waals surface area (Å²) < 4.78 is 2.01. The monoisotopic (exact) mass is 308 g/mol. The lowest BCUT2D eigenvalue weighted by molar-refractivity contribution is 0.0952. The van der Waals surface area contributed by atoms with E-state index in [1.54, 1.807) is 0 Å². The number of benzene rings is 1. The summed E-state index contributed by atoms with van der Waals surface area (Å²) in [5.41, 5.74) is 4.53. The quantitative estimate of drug-likeness (QED) is 0.809. The first-order valence-corrected chi connectivity index (χ1v) is 7.60. The van der Waals surface area contributed by atoms with Gasteiger partial charge >= 0.3 is 0 Å². The van der Waals surface area contributed by atoms with Crippen molar-refractivity contribution in [3.63, 3.8) is 0 Å². The van der Waals surface area contributed by atoms with Gasteiger partial charge in [-0.05, 0) is 39.0 Å². The van der Waals surface area contributed by atoms with E-state index in [1.807, 2.05) is 62.8 Å². The predicted octanol–water partition coefficient (Wildman–Crippen LogP) is 2.82. The van der Waals surface area contributed by atoms with Crippen molar-refractivity contribution in [2.45, 2.75) is 27.3 Å². The first-order chi connectivity index (χ1) is 11.0. The number of carbonyl (C=O) groups is 1. The minimum Gasteiger partial charge on any atom is -0.351 e. The minimum atomic E-state index is -0.0822. The van der Waals surface area contributed by atoms with Gasteiger partial charge in [-0.3, -0.25) is 4.79 Å². The summed E-state index contributed by atoms with van der Waals surface area (Å²) >= 11 is 0. The SMILES string of the molecule is Cc1nc(C)c(CNC(=O)c2cccc3c2ccn3C)c(C)n1. The van der Waals surface area contributed by atoms with Crippen molar-refractivity contribution in [1.82, 2.24) is 19.9 Å². The van der Waals surface area contributed by atoms with E-state index >= 15 is 0 Å². The summed E-state index contributed by atoms with van der Waals surface area (Å²) in [7, 11) is 1.97. The number of nitrogens with zero attached hydrogens (tertiary/aromatic N) is 3. The number of fused-ring (bicyclic) bond motifs is 1. The molecule has 23 heavy (non-hydrogen) atoms. The van der Waals surface area contributed by atoms with Gasteiger partial charge in [-0.2, -0.15) is 0 Å². The number of carbonyl (C=O) groups excluding carboxylic acids is 1. The molecule has 3 rings (SSSR count). The normalized spacial score (nSPS) is 11.0. The zero-order valence-corrected chi connectivity index (χ0v) is 13.8. The standard InChI is InChI=1S/C18H20N4O/c1-11-16(12(2)21-13(3)20-11)10-19-18(23)15-6-5-7-17-14(15)8-9-22(17)4/h5-9H,10H2,1-4H3,(H,19,23). The molecule has 0 radical (unpaired) electrons. The smallest absolute Gasteiger partial charge is 0.252 e. The van der Waals surface area contributed by atoms with E-state index in [1.165, 1.54) is 0 Å². The van der Waals surface area contributed by atoms with Crippen LogP contribution in [0.3, 0.4) is 0 Å². The molecule has 0 spiro atoms. The van der Waals surface area contributed by atoms with Gasteiger partial charge < -0.3 is 9.88 Å². The van der Waals surface area contributed by atoms with Gasteiger partial charge in [0.15, 0.2) is 0 Å². The summed E-state index contributed by atoms with van der Waals surface area (Å²) in [4.78, 5) is 21.3. The number of aromatic nitrogens is 3. The summed E-state index contributed by atoms with van der Waals surface area (Å²) in [5.74, 6) is 0.672. The molecule has 3 aromatic rings. The fourth-order valence-corrected chi connectivity index (χ4v) is 2.93. The van der Waals surface area contributed by atoms with Crippen LogP contribution in [0.15, 0.2) is 30.5 Å².